The van der Waals surface area contributed by atoms with E-state index in [0.29, 0.717) is 32.6 Å². The van der Waals surface area contributed by atoms with Crippen LogP contribution in [0.4, 0.5) is 10.5 Å². The average Bonchev–Trinajstić information content (AvgIpc) is 2.79. The standard InChI is InChI=1S/C25H16Br3IN2O4/c1-13-8-17(6-7-19(13)26)31-24(33)18(23(32)30-25(31)34)9-15-10-20(27)22(21(28)11-15)35-12-14-2-4-16(29)5-3-14/h2-11H,12H2,1H3,(H,30,32,34)/b18-9+. The quantitative estimate of drug-likeness (QED) is 0.170. The van der Waals surface area contributed by atoms with Crippen LogP contribution in [0.5, 0.6) is 5.75 Å². The van der Waals surface area contributed by atoms with Gasteiger partial charge in [-0.25, -0.2) is 9.69 Å². The second-order valence-corrected chi connectivity index (χ2v) is 11.4. The average molecular weight is 775 g/mol. The summed E-state index contributed by atoms with van der Waals surface area (Å²) in [6.45, 7) is 2.22. The van der Waals surface area contributed by atoms with Gasteiger partial charge in [0.25, 0.3) is 11.8 Å². The number of hydrogen-bond donors (Lipinski definition) is 1. The summed E-state index contributed by atoms with van der Waals surface area (Å²) in [5.74, 6) is -0.865. The monoisotopic (exact) mass is 772 g/mol. The summed E-state index contributed by atoms with van der Waals surface area (Å²) in [7, 11) is 0. The molecule has 0 aromatic heterocycles. The molecule has 178 valence electrons. The number of benzene rings is 3. The van der Waals surface area contributed by atoms with Crippen LogP contribution in [0.15, 0.2) is 73.6 Å². The van der Waals surface area contributed by atoms with Crippen molar-refractivity contribution in [2.45, 2.75) is 13.5 Å². The number of rotatable bonds is 5. The molecule has 1 heterocycles. The molecular formula is C25H16Br3IN2O4. The van der Waals surface area contributed by atoms with E-state index in [0.717, 1.165) is 24.1 Å². The van der Waals surface area contributed by atoms with Crippen LogP contribution in [0.3, 0.4) is 0 Å². The summed E-state index contributed by atoms with van der Waals surface area (Å²) in [6, 6.07) is 15.8. The molecule has 0 bridgehead atoms. The molecular weight excluding hydrogens is 759 g/mol. The number of carbonyl (C=O) groups is 3. The van der Waals surface area contributed by atoms with Crippen LogP contribution in [0.2, 0.25) is 0 Å². The predicted octanol–water partition coefficient (Wildman–Crippen LogP) is 7.13. The molecule has 3 aromatic rings. The Balaban J connectivity index is 1.61. The highest BCUT2D eigenvalue weighted by atomic mass is 127. The van der Waals surface area contributed by atoms with E-state index < -0.39 is 17.8 Å². The maximum Gasteiger partial charge on any atom is 0.335 e. The van der Waals surface area contributed by atoms with Crippen LogP contribution in [0.25, 0.3) is 6.08 Å². The molecule has 0 unspecified atom stereocenters. The zero-order valence-electron chi connectivity index (χ0n) is 18.1. The summed E-state index contributed by atoms with van der Waals surface area (Å²) in [5, 5.41) is 2.24. The van der Waals surface area contributed by atoms with Gasteiger partial charge in [-0.15, -0.1) is 0 Å². The number of anilines is 1. The van der Waals surface area contributed by atoms with Crippen molar-refractivity contribution >= 4 is 100.0 Å². The summed E-state index contributed by atoms with van der Waals surface area (Å²) in [4.78, 5) is 39.1. The van der Waals surface area contributed by atoms with E-state index in [2.05, 4.69) is 75.7 Å². The fraction of sp³-hybridized carbons (Fsp3) is 0.0800. The number of aryl methyl sites for hydroxylation is 1. The molecule has 1 saturated heterocycles. The van der Waals surface area contributed by atoms with Crippen molar-refractivity contribution in [3.05, 3.63) is 93.8 Å². The number of urea groups is 1. The molecule has 6 nitrogen and oxygen atoms in total. The van der Waals surface area contributed by atoms with Gasteiger partial charge in [-0.1, -0.05) is 28.1 Å². The normalized spacial score (nSPS) is 14.9. The molecule has 0 spiro atoms. The molecule has 10 heteroatoms. The first kappa shape index (κ1) is 26.1. The SMILES string of the molecule is Cc1cc(N2C(=O)NC(=O)/C(=C\c3cc(Br)c(OCc4ccc(I)cc4)c(Br)c3)C2=O)ccc1Br. The molecule has 0 aliphatic carbocycles. The van der Waals surface area contributed by atoms with Crippen LogP contribution in [-0.4, -0.2) is 17.8 Å². The lowest BCUT2D eigenvalue weighted by atomic mass is 10.1. The number of barbiturate groups is 1. The van der Waals surface area contributed by atoms with Gasteiger partial charge in [0, 0.05) is 8.04 Å². The number of nitrogens with one attached hydrogen (secondary N) is 1. The largest absolute Gasteiger partial charge is 0.487 e. The van der Waals surface area contributed by atoms with Crippen molar-refractivity contribution in [1.82, 2.24) is 5.32 Å². The fourth-order valence-corrected chi connectivity index (χ4v) is 5.42. The summed E-state index contributed by atoms with van der Waals surface area (Å²) in [6.07, 6.45) is 1.45. The minimum absolute atomic E-state index is 0.156. The molecule has 0 atom stereocenters. The molecule has 1 N–H and O–H groups in total. The van der Waals surface area contributed by atoms with E-state index in [1.54, 1.807) is 30.3 Å². The van der Waals surface area contributed by atoms with E-state index in [1.165, 1.54) is 6.08 Å². The Bertz CT molecular complexity index is 1370. The van der Waals surface area contributed by atoms with Gasteiger partial charge < -0.3 is 4.74 Å². The van der Waals surface area contributed by atoms with E-state index in [-0.39, 0.29) is 5.57 Å². The molecule has 1 aliphatic rings. The number of ether oxygens (including phenoxy) is 1. The summed E-state index contributed by atoms with van der Waals surface area (Å²) < 4.78 is 9.24. The third kappa shape index (κ3) is 5.87. The summed E-state index contributed by atoms with van der Waals surface area (Å²) >= 11 is 12.7. The number of carbonyl (C=O) groups excluding carboxylic acids is 3. The molecule has 1 fully saturated rings. The highest BCUT2D eigenvalue weighted by molar-refractivity contribution is 14.1. The number of halogens is 4. The van der Waals surface area contributed by atoms with E-state index in [1.807, 2.05) is 31.2 Å². The van der Waals surface area contributed by atoms with Gasteiger partial charge in [0.05, 0.1) is 14.6 Å². The highest BCUT2D eigenvalue weighted by Gasteiger charge is 2.37. The van der Waals surface area contributed by atoms with Crippen molar-refractivity contribution in [3.8, 4) is 5.75 Å². The van der Waals surface area contributed by atoms with Crippen LogP contribution in [0, 0.1) is 10.5 Å². The fourth-order valence-electron chi connectivity index (χ4n) is 3.36. The Morgan fingerprint density at radius 2 is 1.60 bits per heavy atom. The number of imide groups is 2. The smallest absolute Gasteiger partial charge is 0.335 e. The van der Waals surface area contributed by atoms with Crippen molar-refractivity contribution in [3.63, 3.8) is 0 Å². The van der Waals surface area contributed by atoms with Gasteiger partial charge in [0.1, 0.15) is 17.9 Å². The van der Waals surface area contributed by atoms with Crippen LogP contribution >= 0.6 is 70.4 Å². The molecule has 4 amide bonds. The van der Waals surface area contributed by atoms with Crippen LogP contribution in [-0.2, 0) is 16.2 Å². The Labute approximate surface area is 240 Å². The molecule has 0 saturated carbocycles. The maximum atomic E-state index is 13.2. The van der Waals surface area contributed by atoms with Gasteiger partial charge in [-0.3, -0.25) is 14.9 Å². The third-order valence-electron chi connectivity index (χ3n) is 5.13. The van der Waals surface area contributed by atoms with Gasteiger partial charge in [-0.2, -0.15) is 0 Å². The topological polar surface area (TPSA) is 75.7 Å². The second-order valence-electron chi connectivity index (χ2n) is 7.62. The first-order chi connectivity index (χ1) is 16.6. The Morgan fingerprint density at radius 1 is 0.943 bits per heavy atom. The Hall–Kier alpha value is -2.02. The van der Waals surface area contributed by atoms with Crippen LogP contribution in [0.1, 0.15) is 16.7 Å². The molecule has 1 aliphatic heterocycles. The number of amides is 4. The predicted molar refractivity (Wildman–Crippen MR) is 153 cm³/mol. The van der Waals surface area contributed by atoms with Gasteiger partial charge in [0.2, 0.25) is 0 Å². The van der Waals surface area contributed by atoms with Crippen molar-refractivity contribution < 1.29 is 19.1 Å². The lowest BCUT2D eigenvalue weighted by Crippen LogP contribution is -2.54. The van der Waals surface area contributed by atoms with Crippen LogP contribution < -0.4 is 15.0 Å². The lowest BCUT2D eigenvalue weighted by molar-refractivity contribution is -0.122. The zero-order chi connectivity index (χ0) is 25.3. The second kappa shape index (κ2) is 10.9. The number of hydrogen-bond acceptors (Lipinski definition) is 4. The minimum Gasteiger partial charge on any atom is -0.487 e. The van der Waals surface area contributed by atoms with Gasteiger partial charge >= 0.3 is 6.03 Å². The first-order valence-electron chi connectivity index (χ1n) is 10.2. The first-order valence-corrected chi connectivity index (χ1v) is 13.6. The molecule has 3 aromatic carbocycles. The van der Waals surface area contributed by atoms with Gasteiger partial charge in [-0.05, 0) is 127 Å². The van der Waals surface area contributed by atoms with Gasteiger partial charge in [0.15, 0.2) is 0 Å². The maximum absolute atomic E-state index is 13.2. The minimum atomic E-state index is -0.791. The highest BCUT2D eigenvalue weighted by Crippen LogP contribution is 2.36. The third-order valence-corrected chi connectivity index (χ3v) is 7.92. The summed E-state index contributed by atoms with van der Waals surface area (Å²) in [5.41, 5.74) is 2.65. The van der Waals surface area contributed by atoms with Crippen molar-refractivity contribution in [2.24, 2.45) is 0 Å². The molecule has 35 heavy (non-hydrogen) atoms. The molecule has 4 rings (SSSR count). The van der Waals surface area contributed by atoms with E-state index >= 15 is 0 Å². The van der Waals surface area contributed by atoms with Crippen molar-refractivity contribution in [2.75, 3.05) is 4.90 Å². The zero-order valence-corrected chi connectivity index (χ0v) is 25.0. The Morgan fingerprint density at radius 3 is 2.23 bits per heavy atom. The van der Waals surface area contributed by atoms with E-state index in [9.17, 15) is 14.4 Å². The number of nitrogens with zero attached hydrogens (tertiary/aromatic N) is 1. The van der Waals surface area contributed by atoms with Crippen molar-refractivity contribution in [1.29, 1.82) is 0 Å². The lowest BCUT2D eigenvalue weighted by Gasteiger charge is -2.26. The Kier molecular flexibility index (Phi) is 8.14. The van der Waals surface area contributed by atoms with E-state index in [4.69, 9.17) is 4.74 Å². The molecule has 0 radical (unpaired) electrons.